The van der Waals surface area contributed by atoms with E-state index in [4.69, 9.17) is 23.7 Å². The Kier molecular flexibility index (Phi) is 7.50. The second-order valence-electron chi connectivity index (χ2n) is 5.49. The average Bonchev–Trinajstić information content (AvgIpc) is 2.72. The van der Waals surface area contributed by atoms with Crippen LogP contribution in [0, 0.1) is 0 Å². The Bertz CT molecular complexity index is 835. The number of hydrogen-bond acceptors (Lipinski definition) is 7. The quantitative estimate of drug-likeness (QED) is 0.659. The molecular weight excluding hydrogens is 366 g/mol. The molecule has 0 bridgehead atoms. The summed E-state index contributed by atoms with van der Waals surface area (Å²) in [5, 5.41) is 2.63. The van der Waals surface area contributed by atoms with Crippen LogP contribution in [0.2, 0.25) is 0 Å². The van der Waals surface area contributed by atoms with Gasteiger partial charge in [0.1, 0.15) is 11.5 Å². The number of anilines is 1. The lowest BCUT2D eigenvalue weighted by Crippen LogP contribution is -2.21. The van der Waals surface area contributed by atoms with E-state index in [9.17, 15) is 9.59 Å². The van der Waals surface area contributed by atoms with E-state index in [1.54, 1.807) is 30.3 Å². The van der Waals surface area contributed by atoms with E-state index >= 15 is 0 Å². The number of amides is 1. The van der Waals surface area contributed by atoms with Gasteiger partial charge in [-0.3, -0.25) is 4.79 Å². The van der Waals surface area contributed by atoms with Gasteiger partial charge in [-0.05, 0) is 37.3 Å². The zero-order chi connectivity index (χ0) is 20.5. The van der Waals surface area contributed by atoms with Gasteiger partial charge in [-0.25, -0.2) is 4.79 Å². The van der Waals surface area contributed by atoms with Crippen LogP contribution < -0.4 is 24.3 Å². The summed E-state index contributed by atoms with van der Waals surface area (Å²) in [6.07, 6.45) is 0. The third-order valence-electron chi connectivity index (χ3n) is 3.71. The van der Waals surface area contributed by atoms with Crippen molar-refractivity contribution in [3.8, 4) is 23.0 Å². The van der Waals surface area contributed by atoms with E-state index in [1.807, 2.05) is 6.92 Å². The fraction of sp³-hybridized carbons (Fsp3) is 0.300. The number of rotatable bonds is 9. The Hall–Kier alpha value is -3.42. The van der Waals surface area contributed by atoms with Crippen molar-refractivity contribution >= 4 is 17.6 Å². The molecular formula is C20H23NO7. The molecule has 1 amide bonds. The fourth-order valence-corrected chi connectivity index (χ4v) is 2.38. The molecule has 2 aromatic carbocycles. The molecule has 0 saturated carbocycles. The van der Waals surface area contributed by atoms with Gasteiger partial charge >= 0.3 is 5.97 Å². The van der Waals surface area contributed by atoms with Crippen LogP contribution in [0.3, 0.4) is 0 Å². The van der Waals surface area contributed by atoms with Crippen LogP contribution in [-0.4, -0.2) is 46.4 Å². The minimum atomic E-state index is -0.658. The van der Waals surface area contributed by atoms with E-state index in [0.29, 0.717) is 35.3 Å². The number of benzene rings is 2. The largest absolute Gasteiger partial charge is 0.497 e. The molecule has 0 fully saturated rings. The lowest BCUT2D eigenvalue weighted by molar-refractivity contribution is -0.119. The number of ether oxygens (including phenoxy) is 5. The van der Waals surface area contributed by atoms with Crippen LogP contribution in [0.5, 0.6) is 23.0 Å². The van der Waals surface area contributed by atoms with Crippen molar-refractivity contribution < 1.29 is 33.3 Å². The Morgan fingerprint density at radius 1 is 0.893 bits per heavy atom. The van der Waals surface area contributed by atoms with Gasteiger partial charge in [0.15, 0.2) is 18.1 Å². The summed E-state index contributed by atoms with van der Waals surface area (Å²) >= 11 is 0. The smallest absolute Gasteiger partial charge is 0.338 e. The van der Waals surface area contributed by atoms with E-state index in [2.05, 4.69) is 5.32 Å². The number of nitrogens with one attached hydrogen (secondary N) is 1. The Morgan fingerprint density at radius 3 is 2.25 bits per heavy atom. The molecule has 2 rings (SSSR count). The van der Waals surface area contributed by atoms with Crippen molar-refractivity contribution in [1.82, 2.24) is 0 Å². The first kappa shape index (κ1) is 20.9. The van der Waals surface area contributed by atoms with Crippen LogP contribution in [0.4, 0.5) is 5.69 Å². The zero-order valence-electron chi connectivity index (χ0n) is 16.2. The minimum Gasteiger partial charge on any atom is -0.497 e. The van der Waals surface area contributed by atoms with Crippen LogP contribution >= 0.6 is 0 Å². The topological polar surface area (TPSA) is 92.3 Å². The second kappa shape index (κ2) is 10.1. The van der Waals surface area contributed by atoms with Gasteiger partial charge in [-0.2, -0.15) is 0 Å². The van der Waals surface area contributed by atoms with Crippen molar-refractivity contribution in [2.75, 3.05) is 39.9 Å². The number of esters is 1. The predicted octanol–water partition coefficient (Wildman–Crippen LogP) is 2.91. The number of carbonyl (C=O) groups excluding carboxylic acids is 2. The highest BCUT2D eigenvalue weighted by atomic mass is 16.5. The molecule has 0 aliphatic heterocycles. The zero-order valence-corrected chi connectivity index (χ0v) is 16.2. The van der Waals surface area contributed by atoms with Crippen molar-refractivity contribution in [2.45, 2.75) is 6.92 Å². The third kappa shape index (κ3) is 5.29. The molecule has 0 saturated heterocycles. The van der Waals surface area contributed by atoms with Gasteiger partial charge in [0.25, 0.3) is 5.91 Å². The van der Waals surface area contributed by atoms with Crippen molar-refractivity contribution in [3.63, 3.8) is 0 Å². The van der Waals surface area contributed by atoms with E-state index in [0.717, 1.165) is 0 Å². The van der Waals surface area contributed by atoms with Gasteiger partial charge in [0, 0.05) is 6.07 Å². The molecule has 28 heavy (non-hydrogen) atoms. The maximum Gasteiger partial charge on any atom is 0.338 e. The van der Waals surface area contributed by atoms with Gasteiger partial charge < -0.3 is 29.0 Å². The standard InChI is InChI=1S/C20H23NO7/c1-5-27-17-8-6-13(10-18(17)26-4)20(23)28-12-19(22)21-15-11-14(24-2)7-9-16(15)25-3/h6-11H,5,12H2,1-4H3,(H,21,22). The summed E-state index contributed by atoms with van der Waals surface area (Å²) < 4.78 is 26.0. The second-order valence-corrected chi connectivity index (χ2v) is 5.49. The summed E-state index contributed by atoms with van der Waals surface area (Å²) in [6.45, 7) is 1.85. The van der Waals surface area contributed by atoms with Crippen molar-refractivity contribution in [1.29, 1.82) is 0 Å². The third-order valence-corrected chi connectivity index (χ3v) is 3.71. The highest BCUT2D eigenvalue weighted by molar-refractivity contribution is 5.96. The molecule has 0 aliphatic carbocycles. The lowest BCUT2D eigenvalue weighted by atomic mass is 10.2. The predicted molar refractivity (Wildman–Crippen MR) is 103 cm³/mol. The number of methoxy groups -OCH3 is 3. The summed E-state index contributed by atoms with van der Waals surface area (Å²) in [7, 11) is 4.47. The van der Waals surface area contributed by atoms with Crippen molar-refractivity contribution in [2.24, 2.45) is 0 Å². The van der Waals surface area contributed by atoms with Crippen LogP contribution in [0.15, 0.2) is 36.4 Å². The fourth-order valence-electron chi connectivity index (χ4n) is 2.38. The molecule has 0 radical (unpaired) electrons. The molecule has 0 atom stereocenters. The molecule has 0 heterocycles. The number of carbonyl (C=O) groups is 2. The maximum atomic E-state index is 12.2. The summed E-state index contributed by atoms with van der Waals surface area (Å²) in [4.78, 5) is 24.4. The van der Waals surface area contributed by atoms with Crippen LogP contribution in [0.25, 0.3) is 0 Å². The summed E-state index contributed by atoms with van der Waals surface area (Å²) in [5.74, 6) is 0.754. The molecule has 150 valence electrons. The van der Waals surface area contributed by atoms with Crippen molar-refractivity contribution in [3.05, 3.63) is 42.0 Å². The Labute approximate surface area is 163 Å². The lowest BCUT2D eigenvalue weighted by Gasteiger charge is -2.12. The van der Waals surface area contributed by atoms with E-state index < -0.39 is 18.5 Å². The maximum absolute atomic E-state index is 12.2. The molecule has 0 aromatic heterocycles. The molecule has 8 nitrogen and oxygen atoms in total. The first-order valence-electron chi connectivity index (χ1n) is 8.52. The van der Waals surface area contributed by atoms with Gasteiger partial charge in [-0.1, -0.05) is 0 Å². The van der Waals surface area contributed by atoms with E-state index in [-0.39, 0.29) is 5.56 Å². The highest BCUT2D eigenvalue weighted by Gasteiger charge is 2.15. The normalized spacial score (nSPS) is 10.0. The molecule has 0 aliphatic rings. The minimum absolute atomic E-state index is 0.243. The van der Waals surface area contributed by atoms with Gasteiger partial charge in [-0.15, -0.1) is 0 Å². The highest BCUT2D eigenvalue weighted by Crippen LogP contribution is 2.29. The molecule has 0 spiro atoms. The molecule has 0 unspecified atom stereocenters. The summed E-state index contributed by atoms with van der Waals surface area (Å²) in [5.41, 5.74) is 0.651. The molecule has 8 heteroatoms. The first-order chi connectivity index (χ1) is 13.5. The van der Waals surface area contributed by atoms with Crippen LogP contribution in [-0.2, 0) is 9.53 Å². The SMILES string of the molecule is CCOc1ccc(C(=O)OCC(=O)Nc2cc(OC)ccc2OC)cc1OC. The molecule has 1 N–H and O–H groups in total. The monoisotopic (exact) mass is 389 g/mol. The average molecular weight is 389 g/mol. The van der Waals surface area contributed by atoms with E-state index in [1.165, 1.54) is 27.4 Å². The summed E-state index contributed by atoms with van der Waals surface area (Å²) in [6, 6.07) is 9.62. The van der Waals surface area contributed by atoms with Gasteiger partial charge in [0.2, 0.25) is 0 Å². The molecule has 2 aromatic rings. The number of hydrogen-bond donors (Lipinski definition) is 1. The van der Waals surface area contributed by atoms with Crippen LogP contribution in [0.1, 0.15) is 17.3 Å². The van der Waals surface area contributed by atoms with Gasteiger partial charge in [0.05, 0.1) is 39.2 Å². The first-order valence-corrected chi connectivity index (χ1v) is 8.52. The Balaban J connectivity index is 2.00. The Morgan fingerprint density at radius 2 is 1.61 bits per heavy atom.